The van der Waals surface area contributed by atoms with E-state index in [1.807, 2.05) is 0 Å². The van der Waals surface area contributed by atoms with Gasteiger partial charge in [0, 0.05) is 25.0 Å². The summed E-state index contributed by atoms with van der Waals surface area (Å²) in [6, 6.07) is 7.20. The SMILES string of the molecule is CN(C)S(=O)(=O)c1cccc(C(=O)NNC(=O)c2ccsc2)c1. The zero-order valence-corrected chi connectivity index (χ0v) is 14.1. The Hall–Kier alpha value is -2.23. The third-order valence-electron chi connectivity index (χ3n) is 2.95. The summed E-state index contributed by atoms with van der Waals surface area (Å²) in [5.41, 5.74) is 5.08. The number of benzene rings is 1. The van der Waals surface area contributed by atoms with Gasteiger partial charge in [-0.2, -0.15) is 11.3 Å². The van der Waals surface area contributed by atoms with E-state index in [4.69, 9.17) is 0 Å². The lowest BCUT2D eigenvalue weighted by Gasteiger charge is -2.12. The molecule has 0 atom stereocenters. The number of hydrogen-bond acceptors (Lipinski definition) is 5. The van der Waals surface area contributed by atoms with Gasteiger partial charge in [0.15, 0.2) is 0 Å². The Labute approximate surface area is 138 Å². The summed E-state index contributed by atoms with van der Waals surface area (Å²) >= 11 is 1.36. The van der Waals surface area contributed by atoms with Crippen molar-refractivity contribution in [3.8, 4) is 0 Å². The highest BCUT2D eigenvalue weighted by atomic mass is 32.2. The lowest BCUT2D eigenvalue weighted by atomic mass is 10.2. The van der Waals surface area contributed by atoms with E-state index >= 15 is 0 Å². The first-order valence-corrected chi connectivity index (χ1v) is 8.86. The predicted molar refractivity (Wildman–Crippen MR) is 86.6 cm³/mol. The molecule has 0 fully saturated rings. The summed E-state index contributed by atoms with van der Waals surface area (Å²) in [6.07, 6.45) is 0. The van der Waals surface area contributed by atoms with Gasteiger partial charge in [-0.3, -0.25) is 20.4 Å². The van der Waals surface area contributed by atoms with Gasteiger partial charge in [0.05, 0.1) is 10.5 Å². The van der Waals surface area contributed by atoms with Crippen LogP contribution in [-0.2, 0) is 10.0 Å². The molecule has 122 valence electrons. The van der Waals surface area contributed by atoms with Crippen molar-refractivity contribution >= 4 is 33.2 Å². The molecule has 0 spiro atoms. The highest BCUT2D eigenvalue weighted by Gasteiger charge is 2.19. The Morgan fingerprint density at radius 2 is 1.70 bits per heavy atom. The second kappa shape index (κ2) is 6.90. The molecule has 0 bridgehead atoms. The first-order valence-electron chi connectivity index (χ1n) is 6.48. The fourth-order valence-electron chi connectivity index (χ4n) is 1.66. The average Bonchev–Trinajstić information content (AvgIpc) is 3.06. The number of rotatable bonds is 4. The first-order chi connectivity index (χ1) is 10.8. The Morgan fingerprint density at radius 3 is 2.26 bits per heavy atom. The highest BCUT2D eigenvalue weighted by molar-refractivity contribution is 7.89. The van der Waals surface area contributed by atoms with Crippen LogP contribution in [0.25, 0.3) is 0 Å². The summed E-state index contributed by atoms with van der Waals surface area (Å²) < 4.78 is 25.2. The summed E-state index contributed by atoms with van der Waals surface area (Å²) in [6.45, 7) is 0. The molecule has 9 heteroatoms. The number of amides is 2. The molecule has 0 aliphatic heterocycles. The molecule has 1 aromatic carbocycles. The zero-order valence-electron chi connectivity index (χ0n) is 12.4. The van der Waals surface area contributed by atoms with E-state index in [2.05, 4.69) is 10.9 Å². The van der Waals surface area contributed by atoms with E-state index in [1.165, 1.54) is 49.7 Å². The van der Waals surface area contributed by atoms with Crippen molar-refractivity contribution in [1.82, 2.24) is 15.2 Å². The molecule has 0 saturated carbocycles. The Morgan fingerprint density at radius 1 is 1.04 bits per heavy atom. The van der Waals surface area contributed by atoms with Crippen LogP contribution < -0.4 is 10.9 Å². The van der Waals surface area contributed by atoms with Gasteiger partial charge in [-0.1, -0.05) is 6.07 Å². The van der Waals surface area contributed by atoms with Crippen molar-refractivity contribution in [3.05, 3.63) is 52.2 Å². The third-order valence-corrected chi connectivity index (χ3v) is 5.44. The van der Waals surface area contributed by atoms with Crippen molar-refractivity contribution in [2.24, 2.45) is 0 Å². The molecule has 0 radical (unpaired) electrons. The summed E-state index contributed by atoms with van der Waals surface area (Å²) in [7, 11) is -0.820. The van der Waals surface area contributed by atoms with Gasteiger partial charge < -0.3 is 0 Å². The molecule has 2 amide bonds. The minimum atomic E-state index is -3.63. The lowest BCUT2D eigenvalue weighted by Crippen LogP contribution is -2.41. The molecule has 7 nitrogen and oxygen atoms in total. The second-order valence-corrected chi connectivity index (χ2v) is 7.67. The molecule has 0 aliphatic rings. The lowest BCUT2D eigenvalue weighted by molar-refractivity contribution is 0.0847. The number of carbonyl (C=O) groups excluding carboxylic acids is 2. The molecule has 2 rings (SSSR count). The summed E-state index contributed by atoms with van der Waals surface area (Å²) in [4.78, 5) is 23.8. The maximum absolute atomic E-state index is 12.1. The quantitative estimate of drug-likeness (QED) is 0.804. The Balaban J connectivity index is 2.10. The molecule has 1 aromatic heterocycles. The monoisotopic (exact) mass is 353 g/mol. The van der Waals surface area contributed by atoms with E-state index in [1.54, 1.807) is 16.8 Å². The number of sulfonamides is 1. The van der Waals surface area contributed by atoms with E-state index in [9.17, 15) is 18.0 Å². The molecule has 0 unspecified atom stereocenters. The van der Waals surface area contributed by atoms with Crippen molar-refractivity contribution in [1.29, 1.82) is 0 Å². The maximum atomic E-state index is 12.1. The number of carbonyl (C=O) groups is 2. The van der Waals surface area contributed by atoms with E-state index in [0.717, 1.165) is 4.31 Å². The first kappa shape index (κ1) is 17.1. The van der Waals surface area contributed by atoms with Gasteiger partial charge in [0.25, 0.3) is 11.8 Å². The average molecular weight is 353 g/mol. The highest BCUT2D eigenvalue weighted by Crippen LogP contribution is 2.14. The van der Waals surface area contributed by atoms with Gasteiger partial charge in [-0.15, -0.1) is 0 Å². The van der Waals surface area contributed by atoms with Crippen LogP contribution in [0.3, 0.4) is 0 Å². The van der Waals surface area contributed by atoms with Crippen LogP contribution in [0, 0.1) is 0 Å². The van der Waals surface area contributed by atoms with Gasteiger partial charge in [-0.25, -0.2) is 12.7 Å². The molecular formula is C14H15N3O4S2. The fourth-order valence-corrected chi connectivity index (χ4v) is 3.24. The molecule has 0 saturated heterocycles. The van der Waals surface area contributed by atoms with Crippen LogP contribution in [0.5, 0.6) is 0 Å². The van der Waals surface area contributed by atoms with Crippen molar-refractivity contribution in [3.63, 3.8) is 0 Å². The van der Waals surface area contributed by atoms with Gasteiger partial charge in [-0.05, 0) is 29.6 Å². The zero-order chi connectivity index (χ0) is 17.0. The van der Waals surface area contributed by atoms with Crippen LogP contribution >= 0.6 is 11.3 Å². The predicted octanol–water partition coefficient (Wildman–Crippen LogP) is 1.07. The molecule has 0 aliphatic carbocycles. The van der Waals surface area contributed by atoms with Crippen molar-refractivity contribution in [2.75, 3.05) is 14.1 Å². The number of nitrogens with one attached hydrogen (secondary N) is 2. The van der Waals surface area contributed by atoms with Crippen LogP contribution in [0.1, 0.15) is 20.7 Å². The summed E-state index contributed by atoms with van der Waals surface area (Å²) in [5.74, 6) is -1.05. The topological polar surface area (TPSA) is 95.6 Å². The normalized spacial score (nSPS) is 11.3. The Bertz CT molecular complexity index is 814. The van der Waals surface area contributed by atoms with Crippen LogP contribution in [0.4, 0.5) is 0 Å². The molecule has 1 heterocycles. The van der Waals surface area contributed by atoms with Gasteiger partial charge in [0.1, 0.15) is 0 Å². The van der Waals surface area contributed by atoms with Crippen LogP contribution in [0.15, 0.2) is 46.0 Å². The third kappa shape index (κ3) is 3.95. The minimum absolute atomic E-state index is 0.000638. The van der Waals surface area contributed by atoms with Gasteiger partial charge in [0.2, 0.25) is 10.0 Å². The Kier molecular flexibility index (Phi) is 5.14. The fraction of sp³-hybridized carbons (Fsp3) is 0.143. The maximum Gasteiger partial charge on any atom is 0.270 e. The van der Waals surface area contributed by atoms with Crippen LogP contribution in [-0.4, -0.2) is 38.6 Å². The standard InChI is InChI=1S/C14H15N3O4S2/c1-17(2)23(20,21)12-5-3-4-10(8-12)13(18)15-16-14(19)11-6-7-22-9-11/h3-9H,1-2H3,(H,15,18)(H,16,19). The number of hydrazine groups is 1. The molecule has 2 aromatic rings. The van der Waals surface area contributed by atoms with Crippen molar-refractivity contribution in [2.45, 2.75) is 4.90 Å². The summed E-state index contributed by atoms with van der Waals surface area (Å²) in [5, 5.41) is 3.39. The van der Waals surface area contributed by atoms with E-state index < -0.39 is 21.8 Å². The van der Waals surface area contributed by atoms with E-state index in [0.29, 0.717) is 5.56 Å². The van der Waals surface area contributed by atoms with Crippen LogP contribution in [0.2, 0.25) is 0 Å². The van der Waals surface area contributed by atoms with E-state index in [-0.39, 0.29) is 10.5 Å². The molecular weight excluding hydrogens is 338 g/mol. The minimum Gasteiger partial charge on any atom is -0.267 e. The smallest absolute Gasteiger partial charge is 0.267 e. The number of thiophene rings is 1. The molecule has 2 N–H and O–H groups in total. The largest absolute Gasteiger partial charge is 0.270 e. The van der Waals surface area contributed by atoms with Crippen molar-refractivity contribution < 1.29 is 18.0 Å². The number of nitrogens with zero attached hydrogens (tertiary/aromatic N) is 1. The number of hydrogen-bond donors (Lipinski definition) is 2. The second-order valence-electron chi connectivity index (χ2n) is 4.74. The molecule has 23 heavy (non-hydrogen) atoms. The van der Waals surface area contributed by atoms with Gasteiger partial charge >= 0.3 is 0 Å².